The molecular weight excluding hydrogens is 248 g/mol. The summed E-state index contributed by atoms with van der Waals surface area (Å²) in [6, 6.07) is 0. The van der Waals surface area contributed by atoms with Crippen LogP contribution < -0.4 is 0 Å². The summed E-state index contributed by atoms with van der Waals surface area (Å²) in [6.07, 6.45) is 0. The lowest BCUT2D eigenvalue weighted by atomic mass is 10.4. The normalized spacial score (nSPS) is 9.17. The van der Waals surface area contributed by atoms with Crippen molar-refractivity contribution in [3.63, 3.8) is 0 Å². The van der Waals surface area contributed by atoms with Gasteiger partial charge < -0.3 is 19.3 Å². The molecule has 8 nitrogen and oxygen atoms in total. The molecule has 0 saturated carbocycles. The first-order chi connectivity index (χ1) is 8.32. The van der Waals surface area contributed by atoms with Crippen molar-refractivity contribution >= 4 is 23.9 Å². The quantitative estimate of drug-likeness (QED) is 0.362. The van der Waals surface area contributed by atoms with Crippen LogP contribution in [-0.4, -0.2) is 48.8 Å². The fourth-order valence-corrected chi connectivity index (χ4v) is 0.613. The van der Waals surface area contributed by atoms with E-state index < -0.39 is 43.7 Å². The standard InChI is InChI=1S/C10H12O8/c1-6(2)10(15)18-5-9(14)17-4-8(13)16-3-7(11)12/h1,3-5H2,2H3,(H,11,12). The van der Waals surface area contributed by atoms with Gasteiger partial charge in [-0.2, -0.15) is 0 Å². The van der Waals surface area contributed by atoms with Gasteiger partial charge in [0.2, 0.25) is 0 Å². The topological polar surface area (TPSA) is 116 Å². The van der Waals surface area contributed by atoms with E-state index in [1.165, 1.54) is 6.92 Å². The van der Waals surface area contributed by atoms with Gasteiger partial charge in [-0.3, -0.25) is 0 Å². The molecule has 0 aliphatic heterocycles. The van der Waals surface area contributed by atoms with Gasteiger partial charge in [-0.1, -0.05) is 6.58 Å². The molecule has 0 aliphatic carbocycles. The Morgan fingerprint density at radius 2 is 1.39 bits per heavy atom. The summed E-state index contributed by atoms with van der Waals surface area (Å²) in [5.41, 5.74) is 0.115. The fourth-order valence-electron chi connectivity index (χ4n) is 0.613. The number of esters is 3. The molecule has 0 heterocycles. The number of aliphatic carboxylic acids is 1. The van der Waals surface area contributed by atoms with Gasteiger partial charge in [-0.15, -0.1) is 0 Å². The lowest BCUT2D eigenvalue weighted by Gasteiger charge is -2.05. The smallest absolute Gasteiger partial charge is 0.344 e. The Hall–Kier alpha value is -2.38. The number of carboxylic acids is 1. The minimum Gasteiger partial charge on any atom is -0.479 e. The Bertz CT molecular complexity index is 370. The summed E-state index contributed by atoms with van der Waals surface area (Å²) in [7, 11) is 0. The van der Waals surface area contributed by atoms with Gasteiger partial charge in [0.05, 0.1) is 0 Å². The van der Waals surface area contributed by atoms with Crippen molar-refractivity contribution < 1.29 is 38.5 Å². The third-order valence-corrected chi connectivity index (χ3v) is 1.38. The third kappa shape index (κ3) is 7.85. The highest BCUT2D eigenvalue weighted by Gasteiger charge is 2.12. The van der Waals surface area contributed by atoms with Crippen molar-refractivity contribution in [2.45, 2.75) is 6.92 Å². The number of carbonyl (C=O) groups excluding carboxylic acids is 3. The summed E-state index contributed by atoms with van der Waals surface area (Å²) in [4.78, 5) is 42.7. The molecule has 0 aromatic carbocycles. The Morgan fingerprint density at radius 1 is 0.944 bits per heavy atom. The highest BCUT2D eigenvalue weighted by atomic mass is 16.6. The second-order valence-corrected chi connectivity index (χ2v) is 3.07. The molecule has 0 spiro atoms. The van der Waals surface area contributed by atoms with Crippen LogP contribution in [0, 0.1) is 0 Å². The Balaban J connectivity index is 3.77. The van der Waals surface area contributed by atoms with Crippen LogP contribution in [0.5, 0.6) is 0 Å². The second-order valence-electron chi connectivity index (χ2n) is 3.07. The number of hydrogen-bond donors (Lipinski definition) is 1. The third-order valence-electron chi connectivity index (χ3n) is 1.38. The monoisotopic (exact) mass is 260 g/mol. The Kier molecular flexibility index (Phi) is 6.79. The van der Waals surface area contributed by atoms with E-state index in [1.807, 2.05) is 0 Å². The number of carbonyl (C=O) groups is 4. The van der Waals surface area contributed by atoms with Crippen LogP contribution >= 0.6 is 0 Å². The average molecular weight is 260 g/mol. The minimum absolute atomic E-state index is 0.115. The maximum absolute atomic E-state index is 11.0. The van der Waals surface area contributed by atoms with Crippen molar-refractivity contribution in [3.05, 3.63) is 12.2 Å². The molecule has 0 aliphatic rings. The molecule has 0 aromatic heterocycles. The van der Waals surface area contributed by atoms with Gasteiger partial charge in [0.25, 0.3) is 0 Å². The zero-order valence-corrected chi connectivity index (χ0v) is 9.63. The van der Waals surface area contributed by atoms with Gasteiger partial charge in [0.1, 0.15) is 0 Å². The molecule has 0 unspecified atom stereocenters. The SMILES string of the molecule is C=C(C)C(=O)OCC(=O)OCC(=O)OCC(=O)O. The predicted octanol–water partition coefficient (Wildman–Crippen LogP) is -0.723. The summed E-state index contributed by atoms with van der Waals surface area (Å²) < 4.78 is 13.0. The molecule has 0 rings (SSSR count). The maximum atomic E-state index is 11.0. The van der Waals surface area contributed by atoms with Crippen LogP contribution in [0.4, 0.5) is 0 Å². The fraction of sp³-hybridized carbons (Fsp3) is 0.400. The summed E-state index contributed by atoms with van der Waals surface area (Å²) in [5.74, 6) is -4.07. The molecule has 0 amide bonds. The van der Waals surface area contributed by atoms with Crippen LogP contribution in [0.3, 0.4) is 0 Å². The zero-order chi connectivity index (χ0) is 14.1. The van der Waals surface area contributed by atoms with Gasteiger partial charge in [0.15, 0.2) is 19.8 Å². The molecule has 0 atom stereocenters. The van der Waals surface area contributed by atoms with E-state index in [9.17, 15) is 19.2 Å². The summed E-state index contributed by atoms with van der Waals surface area (Å²) in [5, 5.41) is 8.19. The molecule has 100 valence electrons. The van der Waals surface area contributed by atoms with Gasteiger partial charge >= 0.3 is 23.9 Å². The van der Waals surface area contributed by atoms with Crippen molar-refractivity contribution in [2.75, 3.05) is 19.8 Å². The van der Waals surface area contributed by atoms with E-state index >= 15 is 0 Å². The van der Waals surface area contributed by atoms with Crippen LogP contribution in [-0.2, 0) is 33.4 Å². The van der Waals surface area contributed by atoms with E-state index in [0.29, 0.717) is 0 Å². The Morgan fingerprint density at radius 3 is 1.83 bits per heavy atom. The predicted molar refractivity (Wildman–Crippen MR) is 55.3 cm³/mol. The zero-order valence-electron chi connectivity index (χ0n) is 9.63. The largest absolute Gasteiger partial charge is 0.479 e. The number of ether oxygens (including phenoxy) is 3. The van der Waals surface area contributed by atoms with Crippen molar-refractivity contribution in [1.29, 1.82) is 0 Å². The first-order valence-corrected chi connectivity index (χ1v) is 4.68. The van der Waals surface area contributed by atoms with Crippen LogP contribution in [0.25, 0.3) is 0 Å². The van der Waals surface area contributed by atoms with Crippen LogP contribution in [0.2, 0.25) is 0 Å². The molecule has 0 saturated heterocycles. The lowest BCUT2D eigenvalue weighted by Crippen LogP contribution is -2.22. The summed E-state index contributed by atoms with van der Waals surface area (Å²) in [6.45, 7) is 2.45. The second kappa shape index (κ2) is 7.82. The van der Waals surface area contributed by atoms with Crippen molar-refractivity contribution in [3.8, 4) is 0 Å². The van der Waals surface area contributed by atoms with E-state index in [0.717, 1.165) is 0 Å². The minimum atomic E-state index is -1.33. The summed E-state index contributed by atoms with van der Waals surface area (Å²) >= 11 is 0. The van der Waals surface area contributed by atoms with Gasteiger partial charge in [0, 0.05) is 5.57 Å². The molecule has 1 N–H and O–H groups in total. The molecule has 0 fully saturated rings. The highest BCUT2D eigenvalue weighted by Crippen LogP contribution is 1.93. The highest BCUT2D eigenvalue weighted by molar-refractivity contribution is 5.88. The van der Waals surface area contributed by atoms with Gasteiger partial charge in [-0.05, 0) is 6.92 Å². The molecular formula is C10H12O8. The molecule has 18 heavy (non-hydrogen) atoms. The Labute approximate surface area is 102 Å². The molecule has 0 radical (unpaired) electrons. The molecule has 0 aromatic rings. The first-order valence-electron chi connectivity index (χ1n) is 4.68. The van der Waals surface area contributed by atoms with Gasteiger partial charge in [-0.25, -0.2) is 19.2 Å². The first kappa shape index (κ1) is 15.6. The van der Waals surface area contributed by atoms with E-state index in [-0.39, 0.29) is 5.57 Å². The van der Waals surface area contributed by atoms with Crippen LogP contribution in [0.15, 0.2) is 12.2 Å². The lowest BCUT2D eigenvalue weighted by molar-refractivity contribution is -0.166. The average Bonchev–Trinajstić information content (AvgIpc) is 2.30. The van der Waals surface area contributed by atoms with Crippen LogP contribution in [0.1, 0.15) is 6.92 Å². The number of carboxylic acid groups (broad SMARTS) is 1. The van der Waals surface area contributed by atoms with Crippen molar-refractivity contribution in [2.24, 2.45) is 0 Å². The number of hydrogen-bond acceptors (Lipinski definition) is 7. The molecule has 8 heteroatoms. The van der Waals surface area contributed by atoms with Crippen molar-refractivity contribution in [1.82, 2.24) is 0 Å². The van der Waals surface area contributed by atoms with E-state index in [4.69, 9.17) is 5.11 Å². The molecule has 0 bridgehead atoms. The van der Waals surface area contributed by atoms with E-state index in [2.05, 4.69) is 20.8 Å². The maximum Gasteiger partial charge on any atom is 0.344 e. The van der Waals surface area contributed by atoms with E-state index in [1.54, 1.807) is 0 Å². The number of rotatable bonds is 7.